The molecule has 2 rings (SSSR count). The Kier molecular flexibility index (Phi) is 5.81. The summed E-state index contributed by atoms with van der Waals surface area (Å²) in [4.78, 5) is 0. The van der Waals surface area contributed by atoms with Crippen LogP contribution in [0.25, 0.3) is 0 Å². The number of aryl methyl sites for hydroxylation is 1. The van der Waals surface area contributed by atoms with Crippen LogP contribution in [0, 0.1) is 6.92 Å². The first-order valence-corrected chi connectivity index (χ1v) is 8.22. The molecule has 0 saturated carbocycles. The maximum absolute atomic E-state index is 6.02. The number of hydrogen-bond acceptors (Lipinski definition) is 1. The Bertz CT molecular complexity index is 653. The third kappa shape index (κ3) is 4.46. The van der Waals surface area contributed by atoms with E-state index in [2.05, 4.69) is 48.7 Å². The third-order valence-electron chi connectivity index (χ3n) is 3.80. The standard InChI is InChI=1S/C18H21ClN2S/c1-4-12(2)14-6-9-16(10-7-14)20-18(22)21-17-11-15(19)8-5-13(17)3/h5-12H,4H2,1-3H3,(H2,20,21,22). The second-order valence-electron chi connectivity index (χ2n) is 5.47. The van der Waals surface area contributed by atoms with Crippen LogP contribution in [0.1, 0.15) is 37.3 Å². The lowest BCUT2D eigenvalue weighted by Crippen LogP contribution is -2.19. The van der Waals surface area contributed by atoms with E-state index in [1.807, 2.05) is 25.1 Å². The van der Waals surface area contributed by atoms with E-state index in [0.717, 1.165) is 23.4 Å². The van der Waals surface area contributed by atoms with Gasteiger partial charge in [0.2, 0.25) is 0 Å². The van der Waals surface area contributed by atoms with Crippen molar-refractivity contribution in [1.82, 2.24) is 0 Å². The van der Waals surface area contributed by atoms with E-state index in [1.54, 1.807) is 0 Å². The number of thiocarbonyl (C=S) groups is 1. The van der Waals surface area contributed by atoms with E-state index in [1.165, 1.54) is 5.56 Å². The topological polar surface area (TPSA) is 24.1 Å². The first kappa shape index (κ1) is 16.8. The Morgan fingerprint density at radius 3 is 2.45 bits per heavy atom. The highest BCUT2D eigenvalue weighted by atomic mass is 35.5. The van der Waals surface area contributed by atoms with Crippen LogP contribution in [0.4, 0.5) is 11.4 Å². The molecule has 0 saturated heterocycles. The second-order valence-corrected chi connectivity index (χ2v) is 6.31. The zero-order chi connectivity index (χ0) is 16.1. The molecule has 0 aromatic heterocycles. The first-order chi connectivity index (χ1) is 10.5. The van der Waals surface area contributed by atoms with Crippen LogP contribution in [-0.2, 0) is 0 Å². The Balaban J connectivity index is 2.01. The first-order valence-electron chi connectivity index (χ1n) is 7.43. The molecule has 116 valence electrons. The molecule has 0 amide bonds. The fraction of sp³-hybridized carbons (Fsp3) is 0.278. The second kappa shape index (κ2) is 7.61. The predicted octanol–water partition coefficient (Wildman–Crippen LogP) is 5.97. The lowest BCUT2D eigenvalue weighted by molar-refractivity contribution is 0.734. The summed E-state index contributed by atoms with van der Waals surface area (Å²) in [5.74, 6) is 0.577. The quantitative estimate of drug-likeness (QED) is 0.674. The Morgan fingerprint density at radius 1 is 1.14 bits per heavy atom. The molecule has 4 heteroatoms. The summed E-state index contributed by atoms with van der Waals surface area (Å²) in [6, 6.07) is 14.1. The molecule has 0 heterocycles. The highest BCUT2D eigenvalue weighted by Gasteiger charge is 2.05. The van der Waals surface area contributed by atoms with Gasteiger partial charge < -0.3 is 10.6 Å². The highest BCUT2D eigenvalue weighted by Crippen LogP contribution is 2.22. The van der Waals surface area contributed by atoms with Gasteiger partial charge in [0.05, 0.1) is 0 Å². The van der Waals surface area contributed by atoms with E-state index in [9.17, 15) is 0 Å². The van der Waals surface area contributed by atoms with Gasteiger partial charge >= 0.3 is 0 Å². The van der Waals surface area contributed by atoms with Crippen molar-refractivity contribution >= 4 is 40.3 Å². The molecule has 0 radical (unpaired) electrons. The predicted molar refractivity (Wildman–Crippen MR) is 101 cm³/mol. The summed E-state index contributed by atoms with van der Waals surface area (Å²) in [5.41, 5.74) is 4.34. The Hall–Kier alpha value is -1.58. The van der Waals surface area contributed by atoms with Gasteiger partial charge in [-0.25, -0.2) is 0 Å². The monoisotopic (exact) mass is 332 g/mol. The van der Waals surface area contributed by atoms with Crippen LogP contribution in [-0.4, -0.2) is 5.11 Å². The van der Waals surface area contributed by atoms with E-state index in [-0.39, 0.29) is 0 Å². The van der Waals surface area contributed by atoms with E-state index < -0.39 is 0 Å². The largest absolute Gasteiger partial charge is 0.332 e. The van der Waals surface area contributed by atoms with Gasteiger partial charge in [0.15, 0.2) is 5.11 Å². The molecule has 1 unspecified atom stereocenters. The van der Waals surface area contributed by atoms with Gasteiger partial charge in [-0.2, -0.15) is 0 Å². The van der Waals surface area contributed by atoms with Crippen molar-refractivity contribution in [3.8, 4) is 0 Å². The Morgan fingerprint density at radius 2 is 1.82 bits per heavy atom. The van der Waals surface area contributed by atoms with E-state index in [0.29, 0.717) is 16.1 Å². The van der Waals surface area contributed by atoms with Crippen LogP contribution in [0.15, 0.2) is 42.5 Å². The minimum atomic E-state index is 0.557. The van der Waals surface area contributed by atoms with Crippen molar-refractivity contribution in [2.24, 2.45) is 0 Å². The lowest BCUT2D eigenvalue weighted by atomic mass is 9.99. The number of rotatable bonds is 4. The minimum absolute atomic E-state index is 0.557. The average Bonchev–Trinajstić information content (AvgIpc) is 2.51. The number of nitrogens with one attached hydrogen (secondary N) is 2. The number of hydrogen-bond donors (Lipinski definition) is 2. The minimum Gasteiger partial charge on any atom is -0.332 e. The molecule has 0 spiro atoms. The summed E-state index contributed by atoms with van der Waals surface area (Å²) in [7, 11) is 0. The molecule has 1 atom stereocenters. The molecule has 0 bridgehead atoms. The van der Waals surface area contributed by atoms with Crippen molar-refractivity contribution < 1.29 is 0 Å². The zero-order valence-electron chi connectivity index (χ0n) is 13.1. The van der Waals surface area contributed by atoms with Gasteiger partial charge in [-0.3, -0.25) is 0 Å². The van der Waals surface area contributed by atoms with Gasteiger partial charge in [-0.15, -0.1) is 0 Å². The number of anilines is 2. The smallest absolute Gasteiger partial charge is 0.175 e. The summed E-state index contributed by atoms with van der Waals surface area (Å²) in [6.45, 7) is 6.45. The van der Waals surface area contributed by atoms with Crippen LogP contribution < -0.4 is 10.6 Å². The van der Waals surface area contributed by atoms with Crippen LogP contribution >= 0.6 is 23.8 Å². The average molecular weight is 333 g/mol. The normalized spacial score (nSPS) is 11.8. The molecule has 0 aliphatic carbocycles. The lowest BCUT2D eigenvalue weighted by Gasteiger charge is -2.14. The SMILES string of the molecule is CCC(C)c1ccc(NC(=S)Nc2cc(Cl)ccc2C)cc1. The fourth-order valence-corrected chi connectivity index (χ4v) is 2.54. The summed E-state index contributed by atoms with van der Waals surface area (Å²) in [5, 5.41) is 7.63. The molecule has 2 aromatic carbocycles. The molecule has 0 aliphatic heterocycles. The fourth-order valence-electron chi connectivity index (χ4n) is 2.14. The van der Waals surface area contributed by atoms with Crippen LogP contribution in [0.2, 0.25) is 5.02 Å². The van der Waals surface area contributed by atoms with Crippen molar-refractivity contribution in [2.45, 2.75) is 33.1 Å². The van der Waals surface area contributed by atoms with E-state index in [4.69, 9.17) is 23.8 Å². The molecule has 2 nitrogen and oxygen atoms in total. The van der Waals surface area contributed by atoms with Gasteiger partial charge in [0.25, 0.3) is 0 Å². The van der Waals surface area contributed by atoms with Gasteiger partial charge in [-0.05, 0) is 66.9 Å². The molecular weight excluding hydrogens is 312 g/mol. The number of halogens is 1. The van der Waals surface area contributed by atoms with Gasteiger partial charge in [0.1, 0.15) is 0 Å². The van der Waals surface area contributed by atoms with E-state index >= 15 is 0 Å². The van der Waals surface area contributed by atoms with Gasteiger partial charge in [-0.1, -0.05) is 43.6 Å². The summed E-state index contributed by atoms with van der Waals surface area (Å²) in [6.07, 6.45) is 1.14. The van der Waals surface area contributed by atoms with Crippen molar-refractivity contribution in [3.63, 3.8) is 0 Å². The van der Waals surface area contributed by atoms with Crippen LogP contribution in [0.5, 0.6) is 0 Å². The van der Waals surface area contributed by atoms with Crippen molar-refractivity contribution in [2.75, 3.05) is 10.6 Å². The van der Waals surface area contributed by atoms with Crippen molar-refractivity contribution in [1.29, 1.82) is 0 Å². The maximum atomic E-state index is 6.02. The molecule has 2 N–H and O–H groups in total. The summed E-state index contributed by atoms with van der Waals surface area (Å²) < 4.78 is 0. The third-order valence-corrected chi connectivity index (χ3v) is 4.24. The highest BCUT2D eigenvalue weighted by molar-refractivity contribution is 7.80. The molecule has 0 fully saturated rings. The molecular formula is C18H21ClN2S. The van der Waals surface area contributed by atoms with Gasteiger partial charge in [0, 0.05) is 16.4 Å². The molecule has 2 aromatic rings. The Labute approximate surface area is 142 Å². The maximum Gasteiger partial charge on any atom is 0.175 e. The molecule has 0 aliphatic rings. The zero-order valence-corrected chi connectivity index (χ0v) is 14.7. The number of benzene rings is 2. The molecule has 22 heavy (non-hydrogen) atoms. The van der Waals surface area contributed by atoms with Crippen LogP contribution in [0.3, 0.4) is 0 Å². The van der Waals surface area contributed by atoms with Crippen molar-refractivity contribution in [3.05, 3.63) is 58.6 Å². The summed E-state index contributed by atoms with van der Waals surface area (Å²) >= 11 is 11.4.